The molecule has 4 aromatic rings. The quantitative estimate of drug-likeness (QED) is 0.221. The van der Waals surface area contributed by atoms with Gasteiger partial charge in [0.25, 0.3) is 0 Å². The first-order valence-corrected chi connectivity index (χ1v) is 15.6. The number of hydrogen-bond acceptors (Lipinski definition) is 3. The van der Waals surface area contributed by atoms with E-state index in [1.54, 1.807) is 16.8 Å². The summed E-state index contributed by atoms with van der Waals surface area (Å²) in [5, 5.41) is 4.59. The molecule has 4 unspecified atom stereocenters. The lowest BCUT2D eigenvalue weighted by molar-refractivity contribution is -0.137. The molecule has 10 heteroatoms. The molecule has 1 N–H and O–H groups in total. The highest BCUT2D eigenvalue weighted by Crippen LogP contribution is 2.46. The molecule has 4 heterocycles. The van der Waals surface area contributed by atoms with Crippen LogP contribution in [-0.2, 0) is 6.18 Å². The second-order valence-electron chi connectivity index (χ2n) is 12.2. The van der Waals surface area contributed by atoms with E-state index in [4.69, 9.17) is 23.8 Å². The van der Waals surface area contributed by atoms with Crippen molar-refractivity contribution in [2.75, 3.05) is 22.9 Å². The van der Waals surface area contributed by atoms with Crippen molar-refractivity contribution in [3.63, 3.8) is 0 Å². The molecule has 6 rings (SSSR count). The molecule has 2 fully saturated rings. The third-order valence-corrected chi connectivity index (χ3v) is 9.37. The average Bonchev–Trinajstić information content (AvgIpc) is 3.47. The first kappa shape index (κ1) is 30.5. The maximum absolute atomic E-state index is 14.1. The van der Waals surface area contributed by atoms with E-state index in [0.717, 1.165) is 41.8 Å². The van der Waals surface area contributed by atoms with E-state index in [1.165, 1.54) is 18.6 Å². The first-order valence-electron chi connectivity index (χ1n) is 14.8. The topological polar surface area (TPSA) is 36.3 Å². The summed E-state index contributed by atoms with van der Waals surface area (Å²) in [6.07, 6.45) is -1.57. The zero-order valence-corrected chi connectivity index (χ0v) is 26.6. The normalized spacial score (nSPS) is 22.4. The molecule has 0 amide bonds. The maximum atomic E-state index is 14.1. The summed E-state index contributed by atoms with van der Waals surface area (Å²) in [6, 6.07) is 18.6. The number of anilines is 2. The molecule has 5 nitrogen and oxygen atoms in total. The summed E-state index contributed by atoms with van der Waals surface area (Å²) in [5.41, 5.74) is 4.21. The lowest BCUT2D eigenvalue weighted by atomic mass is 9.91. The average molecular weight is 638 g/mol. The number of alkyl halides is 3. The summed E-state index contributed by atoms with van der Waals surface area (Å²) in [7, 11) is 0. The van der Waals surface area contributed by atoms with Gasteiger partial charge in [-0.2, -0.15) is 13.2 Å². The number of nitrogens with one attached hydrogen (secondary N) is 1. The SMILES string of the molecule is Cc1cc(C2C(c3ccccn3)NC(=S)N2c2ccc(N3CC(C)CC(C)C3)c(Cl)c2)c(C)n1-c1ccccc1C(F)(F)F. The third kappa shape index (κ3) is 5.56. The number of hydrogen-bond donors (Lipinski definition) is 1. The van der Waals surface area contributed by atoms with Gasteiger partial charge in [0, 0.05) is 36.4 Å². The number of piperidine rings is 1. The highest BCUT2D eigenvalue weighted by molar-refractivity contribution is 7.80. The smallest absolute Gasteiger partial charge is 0.370 e. The molecule has 0 saturated carbocycles. The number of aromatic nitrogens is 2. The van der Waals surface area contributed by atoms with Crippen LogP contribution in [0, 0.1) is 25.7 Å². The fourth-order valence-electron chi connectivity index (χ4n) is 7.08. The summed E-state index contributed by atoms with van der Waals surface area (Å²) in [6.45, 7) is 10.1. The van der Waals surface area contributed by atoms with Crippen molar-refractivity contribution in [1.82, 2.24) is 14.9 Å². The molecule has 2 aliphatic rings. The van der Waals surface area contributed by atoms with Crippen LogP contribution in [0.3, 0.4) is 0 Å². The summed E-state index contributed by atoms with van der Waals surface area (Å²) in [4.78, 5) is 9.01. The molecule has 2 aromatic heterocycles. The predicted molar refractivity (Wildman–Crippen MR) is 175 cm³/mol. The van der Waals surface area contributed by atoms with Crippen LogP contribution < -0.4 is 15.1 Å². The van der Waals surface area contributed by atoms with E-state index < -0.39 is 17.8 Å². The van der Waals surface area contributed by atoms with Crippen molar-refractivity contribution in [2.45, 2.75) is 52.4 Å². The van der Waals surface area contributed by atoms with E-state index in [1.807, 2.05) is 55.1 Å². The standard InChI is InChI=1S/C34H35ClF3N5S/c1-20-15-21(2)19-41(18-20)30-13-12-24(17-27(30)35)43-32(31(40-33(43)44)28-10-7-8-14-39-28)25-16-22(3)42(23(25)4)29-11-6-5-9-26(29)34(36,37)38/h5-14,16-17,20-21,31-32H,15,18-19H2,1-4H3,(H,40,44). The number of benzene rings is 2. The second-order valence-corrected chi connectivity index (χ2v) is 13.0. The first-order chi connectivity index (χ1) is 20.9. The van der Waals surface area contributed by atoms with Gasteiger partial charge in [-0.1, -0.05) is 43.6 Å². The molecule has 2 aliphatic heterocycles. The van der Waals surface area contributed by atoms with Crippen molar-refractivity contribution < 1.29 is 13.2 Å². The van der Waals surface area contributed by atoms with E-state index in [-0.39, 0.29) is 11.7 Å². The summed E-state index contributed by atoms with van der Waals surface area (Å²) >= 11 is 12.9. The van der Waals surface area contributed by atoms with Crippen LogP contribution in [0.5, 0.6) is 0 Å². The van der Waals surface area contributed by atoms with Gasteiger partial charge in [-0.15, -0.1) is 0 Å². The van der Waals surface area contributed by atoms with Gasteiger partial charge in [0.2, 0.25) is 0 Å². The summed E-state index contributed by atoms with van der Waals surface area (Å²) < 4.78 is 44.0. The molecule has 2 aromatic carbocycles. The molecule has 44 heavy (non-hydrogen) atoms. The number of para-hydroxylation sites is 1. The molecular formula is C34H35ClF3N5S. The van der Waals surface area contributed by atoms with Crippen LogP contribution in [0.4, 0.5) is 24.5 Å². The van der Waals surface area contributed by atoms with Crippen molar-refractivity contribution >= 4 is 40.3 Å². The zero-order valence-electron chi connectivity index (χ0n) is 25.1. The Kier molecular flexibility index (Phi) is 8.13. The molecule has 0 aliphatic carbocycles. The number of aryl methyl sites for hydroxylation is 1. The molecule has 0 spiro atoms. The Morgan fingerprint density at radius 3 is 2.30 bits per heavy atom. The minimum atomic E-state index is -4.50. The predicted octanol–water partition coefficient (Wildman–Crippen LogP) is 8.82. The molecular weight excluding hydrogens is 603 g/mol. The Hall–Kier alpha value is -3.56. The van der Waals surface area contributed by atoms with Crippen LogP contribution in [0.15, 0.2) is 72.9 Å². The molecule has 230 valence electrons. The maximum Gasteiger partial charge on any atom is 0.418 e. The van der Waals surface area contributed by atoms with E-state index in [2.05, 4.69) is 35.1 Å². The van der Waals surface area contributed by atoms with Gasteiger partial charge in [0.05, 0.1) is 39.7 Å². The second kappa shape index (κ2) is 11.7. The van der Waals surface area contributed by atoms with Crippen molar-refractivity contribution in [3.8, 4) is 5.69 Å². The van der Waals surface area contributed by atoms with Gasteiger partial charge >= 0.3 is 6.18 Å². The lowest BCUT2D eigenvalue weighted by Crippen LogP contribution is -2.38. The fraction of sp³-hybridized carbons (Fsp3) is 0.353. The van der Waals surface area contributed by atoms with Crippen molar-refractivity contribution in [3.05, 3.63) is 106 Å². The van der Waals surface area contributed by atoms with Crippen LogP contribution >= 0.6 is 23.8 Å². The molecule has 4 atom stereocenters. The Morgan fingerprint density at radius 2 is 1.64 bits per heavy atom. The largest absolute Gasteiger partial charge is 0.418 e. The van der Waals surface area contributed by atoms with Crippen molar-refractivity contribution in [1.29, 1.82) is 0 Å². The van der Waals surface area contributed by atoms with Gasteiger partial charge in [-0.25, -0.2) is 0 Å². The Labute approximate surface area is 266 Å². The Bertz CT molecular complexity index is 1680. The fourth-order valence-corrected chi connectivity index (χ4v) is 7.72. The van der Waals surface area contributed by atoms with Gasteiger partial charge in [0.1, 0.15) is 0 Å². The molecule has 0 radical (unpaired) electrons. The minimum Gasteiger partial charge on any atom is -0.370 e. The van der Waals surface area contributed by atoms with Gasteiger partial charge in [-0.05, 0) is 98.4 Å². The molecule has 2 saturated heterocycles. The minimum absolute atomic E-state index is 0.0908. The molecule has 0 bridgehead atoms. The number of pyridine rings is 1. The highest BCUT2D eigenvalue weighted by Gasteiger charge is 2.43. The van der Waals surface area contributed by atoms with Gasteiger partial charge in [-0.3, -0.25) is 4.98 Å². The van der Waals surface area contributed by atoms with Gasteiger partial charge < -0.3 is 19.7 Å². The Morgan fingerprint density at radius 1 is 0.932 bits per heavy atom. The Balaban J connectivity index is 1.46. The third-order valence-electron chi connectivity index (χ3n) is 8.76. The van der Waals surface area contributed by atoms with Crippen LogP contribution in [-0.4, -0.2) is 27.8 Å². The van der Waals surface area contributed by atoms with E-state index in [0.29, 0.717) is 33.4 Å². The monoisotopic (exact) mass is 637 g/mol. The summed E-state index contributed by atoms with van der Waals surface area (Å²) in [5.74, 6) is 1.15. The zero-order chi connectivity index (χ0) is 31.3. The van der Waals surface area contributed by atoms with Crippen LogP contribution in [0.2, 0.25) is 5.02 Å². The van der Waals surface area contributed by atoms with Crippen LogP contribution in [0.1, 0.15) is 60.6 Å². The van der Waals surface area contributed by atoms with E-state index in [9.17, 15) is 13.2 Å². The number of halogens is 4. The van der Waals surface area contributed by atoms with E-state index >= 15 is 0 Å². The lowest BCUT2D eigenvalue weighted by Gasteiger charge is -2.37. The number of thiocarbonyl (C=S) groups is 1. The van der Waals surface area contributed by atoms with Crippen molar-refractivity contribution in [2.24, 2.45) is 11.8 Å². The number of nitrogens with zero attached hydrogens (tertiary/aromatic N) is 4. The highest BCUT2D eigenvalue weighted by atomic mass is 35.5. The number of rotatable bonds is 5. The van der Waals surface area contributed by atoms with Crippen LogP contribution in [0.25, 0.3) is 5.69 Å². The van der Waals surface area contributed by atoms with Gasteiger partial charge in [0.15, 0.2) is 5.11 Å².